The van der Waals surface area contributed by atoms with Crippen molar-refractivity contribution >= 4 is 28.9 Å². The normalized spacial score (nSPS) is 20.4. The van der Waals surface area contributed by atoms with E-state index in [0.717, 1.165) is 34.9 Å². The molecule has 2 aromatic rings. The fourth-order valence-corrected chi connectivity index (χ4v) is 4.18. The van der Waals surface area contributed by atoms with E-state index in [9.17, 15) is 4.79 Å². The number of benzene rings is 2. The largest absolute Gasteiger partial charge is 0.488 e. The van der Waals surface area contributed by atoms with Crippen molar-refractivity contribution in [2.75, 3.05) is 0 Å². The van der Waals surface area contributed by atoms with Gasteiger partial charge in [0.2, 0.25) is 0 Å². The Balaban J connectivity index is 1.49. The van der Waals surface area contributed by atoms with Gasteiger partial charge >= 0.3 is 0 Å². The van der Waals surface area contributed by atoms with Crippen molar-refractivity contribution in [2.24, 2.45) is 4.99 Å². The molecule has 1 saturated heterocycles. The minimum atomic E-state index is -0.0883. The first-order chi connectivity index (χ1) is 13.3. The monoisotopic (exact) mass is 378 g/mol. The number of thioether (sulfide) groups is 1. The van der Waals surface area contributed by atoms with Crippen molar-refractivity contribution in [1.29, 1.82) is 0 Å². The third-order valence-corrected chi connectivity index (χ3v) is 5.64. The summed E-state index contributed by atoms with van der Waals surface area (Å²) in [6.45, 7) is 0.495. The Morgan fingerprint density at radius 3 is 2.63 bits per heavy atom. The zero-order valence-corrected chi connectivity index (χ0v) is 15.9. The molecule has 1 N–H and O–H groups in total. The molecule has 5 heteroatoms. The molecule has 1 heterocycles. The lowest BCUT2D eigenvalue weighted by molar-refractivity contribution is -0.115. The fraction of sp³-hybridized carbons (Fsp3) is 0.273. The molecule has 0 bridgehead atoms. The second-order valence-electron chi connectivity index (χ2n) is 6.75. The van der Waals surface area contributed by atoms with Gasteiger partial charge in [0.05, 0.1) is 10.9 Å². The molecule has 2 aromatic carbocycles. The second-order valence-corrected chi connectivity index (χ2v) is 7.78. The zero-order valence-electron chi connectivity index (χ0n) is 15.1. The predicted octanol–water partition coefficient (Wildman–Crippen LogP) is 4.77. The molecule has 2 fully saturated rings. The Bertz CT molecular complexity index is 871. The molecule has 138 valence electrons. The average Bonchev–Trinajstić information content (AvgIpc) is 3.32. The zero-order chi connectivity index (χ0) is 18.5. The smallest absolute Gasteiger partial charge is 0.264 e. The molecule has 0 unspecified atom stereocenters. The Hall–Kier alpha value is -2.53. The van der Waals surface area contributed by atoms with Crippen LogP contribution in [0.15, 0.2) is 64.5 Å². The maximum Gasteiger partial charge on any atom is 0.264 e. The van der Waals surface area contributed by atoms with Crippen LogP contribution in [0.5, 0.6) is 5.75 Å². The van der Waals surface area contributed by atoms with Crippen molar-refractivity contribution in [3.63, 3.8) is 0 Å². The van der Waals surface area contributed by atoms with E-state index in [-0.39, 0.29) is 5.91 Å². The highest BCUT2D eigenvalue weighted by atomic mass is 32.2. The van der Waals surface area contributed by atoms with Gasteiger partial charge in [-0.25, -0.2) is 0 Å². The van der Waals surface area contributed by atoms with E-state index in [1.165, 1.54) is 24.6 Å². The lowest BCUT2D eigenvalue weighted by Crippen LogP contribution is -2.21. The van der Waals surface area contributed by atoms with Gasteiger partial charge in [0.15, 0.2) is 5.17 Å². The minimum Gasteiger partial charge on any atom is -0.488 e. The molecule has 4 rings (SSSR count). The summed E-state index contributed by atoms with van der Waals surface area (Å²) in [4.78, 5) is 17.7. The summed E-state index contributed by atoms with van der Waals surface area (Å²) < 4.78 is 5.99. The number of nitrogens with zero attached hydrogens (tertiary/aromatic N) is 1. The van der Waals surface area contributed by atoms with Gasteiger partial charge in [-0.15, -0.1) is 0 Å². The number of aliphatic imine (C=N–C) groups is 1. The van der Waals surface area contributed by atoms with Crippen LogP contribution in [0.2, 0.25) is 0 Å². The average molecular weight is 378 g/mol. The lowest BCUT2D eigenvalue weighted by Gasteiger charge is -2.09. The molecule has 1 aliphatic heterocycles. The minimum absolute atomic E-state index is 0.0883. The summed E-state index contributed by atoms with van der Waals surface area (Å²) in [6.07, 6.45) is 6.59. The number of ether oxygens (including phenoxy) is 1. The summed E-state index contributed by atoms with van der Waals surface area (Å²) in [5.41, 5.74) is 2.01. The molecule has 1 amide bonds. The molecule has 0 radical (unpaired) electrons. The van der Waals surface area contributed by atoms with Crippen molar-refractivity contribution in [3.05, 3.63) is 70.6 Å². The maximum atomic E-state index is 12.3. The van der Waals surface area contributed by atoms with Crippen molar-refractivity contribution < 1.29 is 9.53 Å². The van der Waals surface area contributed by atoms with Gasteiger partial charge in [-0.3, -0.25) is 9.79 Å². The van der Waals surface area contributed by atoms with Gasteiger partial charge in [0.25, 0.3) is 5.91 Å². The summed E-state index contributed by atoms with van der Waals surface area (Å²) in [7, 11) is 0. The molecule has 2 aliphatic rings. The number of para-hydroxylation sites is 1. The standard InChI is InChI=1S/C22H22N2O2S/c25-21-20(27-22(24-21)23-18-11-5-6-12-18)14-17-10-4-7-13-19(17)26-15-16-8-2-1-3-9-16/h1-4,7-10,13-14,18H,5-6,11-12,15H2,(H,23,24,25)/b20-14+. The van der Waals surface area contributed by atoms with Crippen LogP contribution in [0.4, 0.5) is 0 Å². The van der Waals surface area contributed by atoms with Crippen molar-refractivity contribution in [3.8, 4) is 5.75 Å². The highest BCUT2D eigenvalue weighted by molar-refractivity contribution is 8.18. The van der Waals surface area contributed by atoms with Crippen LogP contribution >= 0.6 is 11.8 Å². The number of hydrogen-bond acceptors (Lipinski definition) is 4. The summed E-state index contributed by atoms with van der Waals surface area (Å²) in [5, 5.41) is 3.62. The van der Waals surface area contributed by atoms with Crippen LogP contribution in [-0.4, -0.2) is 17.1 Å². The number of carbonyl (C=O) groups excluding carboxylic acids is 1. The van der Waals surface area contributed by atoms with Gasteiger partial charge in [-0.05, 0) is 42.3 Å². The number of carbonyl (C=O) groups is 1. The Morgan fingerprint density at radius 1 is 1.07 bits per heavy atom. The molecule has 0 aromatic heterocycles. The van der Waals surface area contributed by atoms with Crippen molar-refractivity contribution in [1.82, 2.24) is 5.32 Å². The molecule has 0 spiro atoms. The number of amides is 1. The summed E-state index contributed by atoms with van der Waals surface area (Å²) in [6, 6.07) is 18.2. The topological polar surface area (TPSA) is 50.7 Å². The molecular formula is C22H22N2O2S. The van der Waals surface area contributed by atoms with Crippen LogP contribution < -0.4 is 10.1 Å². The van der Waals surface area contributed by atoms with E-state index < -0.39 is 0 Å². The third-order valence-electron chi connectivity index (χ3n) is 4.72. The van der Waals surface area contributed by atoms with Gasteiger partial charge in [0.1, 0.15) is 12.4 Å². The molecule has 4 nitrogen and oxygen atoms in total. The van der Waals surface area contributed by atoms with Crippen LogP contribution in [0.3, 0.4) is 0 Å². The number of hydrogen-bond donors (Lipinski definition) is 1. The maximum absolute atomic E-state index is 12.3. The van der Waals surface area contributed by atoms with E-state index in [1.807, 2.05) is 60.7 Å². The fourth-order valence-electron chi connectivity index (χ4n) is 3.30. The molecular weight excluding hydrogens is 356 g/mol. The Labute approximate surface area is 163 Å². The molecule has 27 heavy (non-hydrogen) atoms. The molecule has 0 atom stereocenters. The van der Waals surface area contributed by atoms with Gasteiger partial charge in [0, 0.05) is 5.56 Å². The lowest BCUT2D eigenvalue weighted by atomic mass is 10.2. The van der Waals surface area contributed by atoms with Crippen molar-refractivity contribution in [2.45, 2.75) is 38.3 Å². The van der Waals surface area contributed by atoms with Gasteiger partial charge in [-0.2, -0.15) is 0 Å². The quantitative estimate of drug-likeness (QED) is 0.763. The van der Waals surface area contributed by atoms with Gasteiger partial charge in [-0.1, -0.05) is 61.4 Å². The summed E-state index contributed by atoms with van der Waals surface area (Å²) in [5.74, 6) is 0.679. The SMILES string of the molecule is O=C1NC(=NC2CCCC2)S/C1=C/c1ccccc1OCc1ccccc1. The Morgan fingerprint density at radius 2 is 1.81 bits per heavy atom. The number of nitrogens with one attached hydrogen (secondary N) is 1. The van der Waals surface area contributed by atoms with E-state index in [1.54, 1.807) is 0 Å². The second kappa shape index (κ2) is 8.44. The van der Waals surface area contributed by atoms with Crippen LogP contribution in [0.1, 0.15) is 36.8 Å². The van der Waals surface area contributed by atoms with E-state index in [0.29, 0.717) is 17.6 Å². The Kier molecular flexibility index (Phi) is 5.58. The predicted molar refractivity (Wildman–Crippen MR) is 111 cm³/mol. The van der Waals surface area contributed by atoms with Crippen LogP contribution in [0.25, 0.3) is 6.08 Å². The third kappa shape index (κ3) is 4.61. The molecule has 1 aliphatic carbocycles. The van der Waals surface area contributed by atoms with Crippen LogP contribution in [-0.2, 0) is 11.4 Å². The summed E-state index contributed by atoms with van der Waals surface area (Å²) >= 11 is 1.42. The number of amidine groups is 1. The van der Waals surface area contributed by atoms with E-state index in [4.69, 9.17) is 9.73 Å². The highest BCUT2D eigenvalue weighted by Gasteiger charge is 2.26. The molecule has 1 saturated carbocycles. The van der Waals surface area contributed by atoms with E-state index >= 15 is 0 Å². The highest BCUT2D eigenvalue weighted by Crippen LogP contribution is 2.31. The first-order valence-corrected chi connectivity index (χ1v) is 10.1. The van der Waals surface area contributed by atoms with E-state index in [2.05, 4.69) is 5.32 Å². The first kappa shape index (κ1) is 17.9. The first-order valence-electron chi connectivity index (χ1n) is 9.32. The number of rotatable bonds is 5. The van der Waals surface area contributed by atoms with Gasteiger partial charge < -0.3 is 10.1 Å². The van der Waals surface area contributed by atoms with Crippen LogP contribution in [0, 0.1) is 0 Å².